The Morgan fingerprint density at radius 2 is 1.74 bits per heavy atom. The number of piperazine rings is 1. The molecule has 2 rings (SSSR count). The summed E-state index contributed by atoms with van der Waals surface area (Å²) in [6, 6.07) is 3.64. The first-order chi connectivity index (χ1) is 9.08. The van der Waals surface area contributed by atoms with Gasteiger partial charge in [-0.3, -0.25) is 0 Å². The Labute approximate surface area is 131 Å². The minimum absolute atomic E-state index is 0.132. The van der Waals surface area contributed by atoms with Gasteiger partial charge in [-0.1, -0.05) is 15.9 Å². The third-order valence-electron chi connectivity index (χ3n) is 3.64. The highest BCUT2D eigenvalue weighted by Gasteiger charge is 2.14. The molecule has 0 aromatic heterocycles. The van der Waals surface area contributed by atoms with Gasteiger partial charge in [-0.15, -0.1) is 0 Å². The van der Waals surface area contributed by atoms with Crippen molar-refractivity contribution in [3.63, 3.8) is 0 Å². The molecule has 0 aliphatic carbocycles. The highest BCUT2D eigenvalue weighted by Crippen LogP contribution is 2.27. The lowest BCUT2D eigenvalue weighted by Crippen LogP contribution is -2.44. The summed E-state index contributed by atoms with van der Waals surface area (Å²) >= 11 is 6.68. The quantitative estimate of drug-likeness (QED) is 0.722. The van der Waals surface area contributed by atoms with Crippen LogP contribution in [0.25, 0.3) is 0 Å². The second-order valence-electron chi connectivity index (χ2n) is 5.07. The fourth-order valence-corrected chi connectivity index (χ4v) is 3.23. The predicted molar refractivity (Wildman–Crippen MR) is 84.1 cm³/mol. The van der Waals surface area contributed by atoms with Crippen LogP contribution in [0.4, 0.5) is 4.39 Å². The van der Waals surface area contributed by atoms with Crippen LogP contribution in [0.2, 0.25) is 0 Å². The Balaban J connectivity index is 1.84. The molecule has 1 aliphatic rings. The first-order valence-electron chi connectivity index (χ1n) is 6.61. The van der Waals surface area contributed by atoms with Gasteiger partial charge < -0.3 is 9.80 Å². The number of hydrogen-bond acceptors (Lipinski definition) is 2. The Morgan fingerprint density at radius 3 is 2.42 bits per heavy atom. The van der Waals surface area contributed by atoms with Gasteiger partial charge in [-0.2, -0.15) is 0 Å². The molecule has 0 spiro atoms. The van der Waals surface area contributed by atoms with E-state index in [1.54, 1.807) is 6.07 Å². The van der Waals surface area contributed by atoms with Gasteiger partial charge in [-0.25, -0.2) is 4.39 Å². The van der Waals surface area contributed by atoms with Gasteiger partial charge in [0.25, 0.3) is 0 Å². The predicted octanol–water partition coefficient (Wildman–Crippen LogP) is 3.53. The van der Waals surface area contributed by atoms with Gasteiger partial charge >= 0.3 is 0 Å². The van der Waals surface area contributed by atoms with Crippen molar-refractivity contribution in [1.29, 1.82) is 0 Å². The zero-order chi connectivity index (χ0) is 13.8. The van der Waals surface area contributed by atoms with Gasteiger partial charge in [0.2, 0.25) is 0 Å². The summed E-state index contributed by atoms with van der Waals surface area (Å²) in [6.07, 6.45) is 1.77. The summed E-state index contributed by atoms with van der Waals surface area (Å²) in [4.78, 5) is 4.81. The summed E-state index contributed by atoms with van der Waals surface area (Å²) in [5.74, 6) is -0.132. The molecular formula is C14H19Br2FN2. The van der Waals surface area contributed by atoms with Crippen LogP contribution in [0.15, 0.2) is 21.1 Å². The zero-order valence-corrected chi connectivity index (χ0v) is 14.3. The molecule has 1 aliphatic heterocycles. The standard InChI is InChI=1S/C14H19Br2FN2/c1-18-7-9-19(10-8-18)6-2-3-11-12(15)4-5-13(16)14(11)17/h4-5H,2-3,6-10H2,1H3. The van der Waals surface area contributed by atoms with E-state index in [1.807, 2.05) is 6.07 Å². The zero-order valence-electron chi connectivity index (χ0n) is 11.1. The largest absolute Gasteiger partial charge is 0.304 e. The van der Waals surface area contributed by atoms with E-state index in [2.05, 4.69) is 48.7 Å². The maximum Gasteiger partial charge on any atom is 0.141 e. The molecule has 0 atom stereocenters. The van der Waals surface area contributed by atoms with Crippen molar-refractivity contribution in [3.8, 4) is 0 Å². The lowest BCUT2D eigenvalue weighted by atomic mass is 10.1. The van der Waals surface area contributed by atoms with Crippen LogP contribution in [-0.2, 0) is 6.42 Å². The minimum Gasteiger partial charge on any atom is -0.304 e. The Hall–Kier alpha value is 0.0300. The van der Waals surface area contributed by atoms with Crippen LogP contribution < -0.4 is 0 Å². The van der Waals surface area contributed by atoms with Crippen molar-refractivity contribution in [3.05, 3.63) is 32.5 Å². The van der Waals surface area contributed by atoms with E-state index in [0.717, 1.165) is 55.6 Å². The minimum atomic E-state index is -0.132. The lowest BCUT2D eigenvalue weighted by molar-refractivity contribution is 0.153. The van der Waals surface area contributed by atoms with Gasteiger partial charge in [0.15, 0.2) is 0 Å². The molecule has 1 aromatic rings. The van der Waals surface area contributed by atoms with Crippen LogP contribution in [-0.4, -0.2) is 49.6 Å². The summed E-state index contributed by atoms with van der Waals surface area (Å²) in [5, 5.41) is 0. The SMILES string of the molecule is CN1CCN(CCCc2c(Br)ccc(Br)c2F)CC1. The molecule has 1 fully saturated rings. The molecule has 5 heteroatoms. The number of rotatable bonds is 4. The molecule has 0 unspecified atom stereocenters. The van der Waals surface area contributed by atoms with Crippen LogP contribution in [0.5, 0.6) is 0 Å². The second-order valence-corrected chi connectivity index (χ2v) is 6.78. The molecule has 1 aromatic carbocycles. The van der Waals surface area contributed by atoms with Gasteiger partial charge in [-0.05, 0) is 54.5 Å². The lowest BCUT2D eigenvalue weighted by Gasteiger charge is -2.32. The molecule has 0 radical (unpaired) electrons. The summed E-state index contributed by atoms with van der Waals surface area (Å²) < 4.78 is 15.4. The average molecular weight is 394 g/mol. The molecule has 1 saturated heterocycles. The third-order valence-corrected chi connectivity index (χ3v) is 4.99. The summed E-state index contributed by atoms with van der Waals surface area (Å²) in [6.45, 7) is 5.56. The molecule has 0 saturated carbocycles. The van der Waals surface area contributed by atoms with Gasteiger partial charge in [0, 0.05) is 36.2 Å². The van der Waals surface area contributed by atoms with Crippen molar-refractivity contribution in [2.24, 2.45) is 0 Å². The van der Waals surface area contributed by atoms with Gasteiger partial charge in [0.05, 0.1) is 4.47 Å². The molecule has 2 nitrogen and oxygen atoms in total. The maximum absolute atomic E-state index is 14.0. The highest BCUT2D eigenvalue weighted by atomic mass is 79.9. The summed E-state index contributed by atoms with van der Waals surface area (Å²) in [5.41, 5.74) is 0.781. The fraction of sp³-hybridized carbons (Fsp3) is 0.571. The van der Waals surface area contributed by atoms with E-state index in [4.69, 9.17) is 0 Å². The van der Waals surface area contributed by atoms with E-state index in [0.29, 0.717) is 4.47 Å². The van der Waals surface area contributed by atoms with E-state index in [1.165, 1.54) is 0 Å². The van der Waals surface area contributed by atoms with Crippen molar-refractivity contribution < 1.29 is 4.39 Å². The molecule has 0 amide bonds. The highest BCUT2D eigenvalue weighted by molar-refractivity contribution is 9.11. The average Bonchev–Trinajstić information content (AvgIpc) is 2.40. The monoisotopic (exact) mass is 392 g/mol. The molecule has 19 heavy (non-hydrogen) atoms. The Kier molecular flexibility index (Phi) is 5.81. The normalized spacial score (nSPS) is 17.9. The summed E-state index contributed by atoms with van der Waals surface area (Å²) in [7, 11) is 2.16. The van der Waals surface area contributed by atoms with E-state index in [9.17, 15) is 4.39 Å². The Morgan fingerprint density at radius 1 is 1.11 bits per heavy atom. The number of hydrogen-bond donors (Lipinski definition) is 0. The topological polar surface area (TPSA) is 6.48 Å². The van der Waals surface area contributed by atoms with E-state index < -0.39 is 0 Å². The molecule has 0 bridgehead atoms. The molecule has 106 valence electrons. The smallest absolute Gasteiger partial charge is 0.141 e. The van der Waals surface area contributed by atoms with Crippen LogP contribution in [0, 0.1) is 5.82 Å². The van der Waals surface area contributed by atoms with Gasteiger partial charge in [0.1, 0.15) is 5.82 Å². The van der Waals surface area contributed by atoms with Crippen molar-refractivity contribution >= 4 is 31.9 Å². The first kappa shape index (κ1) is 15.4. The van der Waals surface area contributed by atoms with Crippen LogP contribution >= 0.6 is 31.9 Å². The van der Waals surface area contributed by atoms with E-state index in [-0.39, 0.29) is 5.82 Å². The van der Waals surface area contributed by atoms with Crippen molar-refractivity contribution in [1.82, 2.24) is 9.80 Å². The second kappa shape index (κ2) is 7.16. The number of benzene rings is 1. The van der Waals surface area contributed by atoms with E-state index >= 15 is 0 Å². The third kappa shape index (κ3) is 4.25. The molecule has 0 N–H and O–H groups in total. The number of nitrogens with zero attached hydrogens (tertiary/aromatic N) is 2. The van der Waals surface area contributed by atoms with Crippen LogP contribution in [0.1, 0.15) is 12.0 Å². The molecule has 1 heterocycles. The number of halogens is 3. The van der Waals surface area contributed by atoms with Crippen molar-refractivity contribution in [2.75, 3.05) is 39.8 Å². The fourth-order valence-electron chi connectivity index (χ4n) is 2.35. The Bertz CT molecular complexity index is 432. The molecular weight excluding hydrogens is 375 g/mol. The number of likely N-dealkylation sites (N-methyl/N-ethyl adjacent to an activating group) is 1. The van der Waals surface area contributed by atoms with Crippen LogP contribution in [0.3, 0.4) is 0 Å². The maximum atomic E-state index is 14.0. The van der Waals surface area contributed by atoms with Crippen molar-refractivity contribution in [2.45, 2.75) is 12.8 Å². The first-order valence-corrected chi connectivity index (χ1v) is 8.20.